The molecule has 7 nitrogen and oxygen atoms in total. The first kappa shape index (κ1) is 20.3. The summed E-state index contributed by atoms with van der Waals surface area (Å²) in [5, 5.41) is 2.40. The van der Waals surface area contributed by atoms with E-state index in [0.717, 1.165) is 29.9 Å². The van der Waals surface area contributed by atoms with Crippen LogP contribution in [0.15, 0.2) is 18.2 Å². The topological polar surface area (TPSA) is 92.8 Å². The number of nitrogens with zero attached hydrogens (tertiary/aromatic N) is 1. The van der Waals surface area contributed by atoms with Crippen LogP contribution in [0.4, 0.5) is 10.1 Å². The number of likely N-dealkylation sites (tertiary alicyclic amines) is 1. The third-order valence-corrected chi connectivity index (χ3v) is 5.47. The van der Waals surface area contributed by atoms with Gasteiger partial charge in [-0.1, -0.05) is 24.4 Å². The molecule has 1 heterocycles. The van der Waals surface area contributed by atoms with E-state index in [9.17, 15) is 23.6 Å². The highest BCUT2D eigenvalue weighted by Crippen LogP contribution is 2.38. The van der Waals surface area contributed by atoms with Crippen LogP contribution in [0.1, 0.15) is 32.6 Å². The number of benzene rings is 1. The van der Waals surface area contributed by atoms with Crippen molar-refractivity contribution in [1.29, 1.82) is 0 Å². The number of hydrogen-bond acceptors (Lipinski definition) is 5. The van der Waals surface area contributed by atoms with Crippen LogP contribution < -0.4 is 5.32 Å². The van der Waals surface area contributed by atoms with Gasteiger partial charge in [-0.2, -0.15) is 0 Å². The number of carbonyl (C=O) groups excluding carboxylic acids is 4. The number of fused-ring (bicyclic) bond motifs is 1. The van der Waals surface area contributed by atoms with Gasteiger partial charge < -0.3 is 10.1 Å². The van der Waals surface area contributed by atoms with Crippen LogP contribution in [0.25, 0.3) is 0 Å². The smallest absolute Gasteiger partial charge is 0.329 e. The first-order chi connectivity index (χ1) is 13.3. The molecular weight excluding hydrogens is 391 g/mol. The molecule has 0 unspecified atom stereocenters. The first-order valence-electron chi connectivity index (χ1n) is 9.08. The van der Waals surface area contributed by atoms with Crippen molar-refractivity contribution < 1.29 is 28.3 Å². The largest absolute Gasteiger partial charge is 0.454 e. The third-order valence-electron chi connectivity index (χ3n) is 5.15. The standard InChI is InChI=1S/C19H20ClFN2O5/c1-10(23-17(25)12-4-2-3-5-13(12)18(23)26)19(27)28-9-16(24)22-15-7-6-11(21)8-14(15)20/h6-8,10,12-13H,2-5,9H2,1H3,(H,22,24)/t10-,12-,13+/m0/s1. The minimum atomic E-state index is -1.10. The predicted octanol–water partition coefficient (Wildman–Crippen LogP) is 2.52. The van der Waals surface area contributed by atoms with E-state index in [4.69, 9.17) is 16.3 Å². The fourth-order valence-corrected chi connectivity index (χ4v) is 3.92. The van der Waals surface area contributed by atoms with Gasteiger partial charge in [-0.05, 0) is 38.0 Å². The Hall–Kier alpha value is -2.48. The number of halogens is 2. The second-order valence-electron chi connectivity index (χ2n) is 7.00. The SMILES string of the molecule is C[C@@H](C(=O)OCC(=O)Nc1ccc(F)cc1Cl)N1C(=O)[C@H]2CCCC[C@H]2C1=O. The quantitative estimate of drug-likeness (QED) is 0.594. The van der Waals surface area contributed by atoms with Gasteiger partial charge in [-0.15, -0.1) is 0 Å². The summed E-state index contributed by atoms with van der Waals surface area (Å²) < 4.78 is 18.0. The lowest BCUT2D eigenvalue weighted by molar-refractivity contribution is -0.159. The maximum absolute atomic E-state index is 13.0. The van der Waals surface area contributed by atoms with Gasteiger partial charge in [0.15, 0.2) is 6.61 Å². The lowest BCUT2D eigenvalue weighted by Crippen LogP contribution is -2.45. The Morgan fingerprint density at radius 1 is 1.25 bits per heavy atom. The second-order valence-corrected chi connectivity index (χ2v) is 7.41. The molecule has 2 fully saturated rings. The summed E-state index contributed by atoms with van der Waals surface area (Å²) in [4.78, 5) is 50.2. The molecule has 1 aromatic carbocycles. The molecule has 3 atom stereocenters. The molecule has 0 radical (unpaired) electrons. The van der Waals surface area contributed by atoms with Gasteiger partial charge in [-0.3, -0.25) is 19.3 Å². The molecular formula is C19H20ClFN2O5. The zero-order valence-corrected chi connectivity index (χ0v) is 16.0. The van der Waals surface area contributed by atoms with E-state index < -0.39 is 30.3 Å². The molecule has 1 aliphatic heterocycles. The Bertz CT molecular complexity index is 807. The summed E-state index contributed by atoms with van der Waals surface area (Å²) in [7, 11) is 0. The third kappa shape index (κ3) is 4.01. The minimum absolute atomic E-state index is 0.00362. The van der Waals surface area contributed by atoms with Crippen molar-refractivity contribution in [1.82, 2.24) is 4.90 Å². The van der Waals surface area contributed by atoms with Crippen LogP contribution in [0.5, 0.6) is 0 Å². The summed E-state index contributed by atoms with van der Waals surface area (Å²) in [5.74, 6) is -3.49. The van der Waals surface area contributed by atoms with Crippen molar-refractivity contribution >= 4 is 41.0 Å². The molecule has 0 aromatic heterocycles. The average Bonchev–Trinajstić information content (AvgIpc) is 2.92. The Kier molecular flexibility index (Phi) is 5.98. The lowest BCUT2D eigenvalue weighted by atomic mass is 9.81. The molecule has 3 rings (SSSR count). The zero-order valence-electron chi connectivity index (χ0n) is 15.2. The summed E-state index contributed by atoms with van der Waals surface area (Å²) in [6.45, 7) is 0.782. The maximum atomic E-state index is 13.0. The highest BCUT2D eigenvalue weighted by molar-refractivity contribution is 6.33. The molecule has 0 bridgehead atoms. The van der Waals surface area contributed by atoms with Crippen molar-refractivity contribution in [3.8, 4) is 0 Å². The summed E-state index contributed by atoms with van der Waals surface area (Å²) >= 11 is 5.82. The van der Waals surface area contributed by atoms with Gasteiger partial charge in [0.25, 0.3) is 5.91 Å². The Labute approximate surface area is 166 Å². The Morgan fingerprint density at radius 3 is 2.43 bits per heavy atom. The number of nitrogens with one attached hydrogen (secondary N) is 1. The fraction of sp³-hybridized carbons (Fsp3) is 0.474. The lowest BCUT2D eigenvalue weighted by Gasteiger charge is -2.21. The Morgan fingerprint density at radius 2 is 1.86 bits per heavy atom. The zero-order chi connectivity index (χ0) is 20.4. The molecule has 9 heteroatoms. The van der Waals surface area contributed by atoms with E-state index in [1.54, 1.807) is 0 Å². The summed E-state index contributed by atoms with van der Waals surface area (Å²) in [5.41, 5.74) is 0.172. The number of imide groups is 1. The molecule has 1 saturated heterocycles. The minimum Gasteiger partial charge on any atom is -0.454 e. The van der Waals surface area contributed by atoms with Crippen LogP contribution >= 0.6 is 11.6 Å². The van der Waals surface area contributed by atoms with Crippen LogP contribution in [-0.2, 0) is 23.9 Å². The van der Waals surface area contributed by atoms with Crippen LogP contribution in [0.3, 0.4) is 0 Å². The van der Waals surface area contributed by atoms with Gasteiger partial charge in [-0.25, -0.2) is 9.18 Å². The number of esters is 1. The van der Waals surface area contributed by atoms with E-state index in [1.807, 2.05) is 0 Å². The van der Waals surface area contributed by atoms with Crippen molar-refractivity contribution in [3.05, 3.63) is 29.0 Å². The van der Waals surface area contributed by atoms with E-state index in [-0.39, 0.29) is 34.4 Å². The number of rotatable bonds is 5. The van der Waals surface area contributed by atoms with E-state index in [0.29, 0.717) is 12.8 Å². The summed E-state index contributed by atoms with van der Waals surface area (Å²) in [6, 6.07) is 2.34. The highest BCUT2D eigenvalue weighted by atomic mass is 35.5. The van der Waals surface area contributed by atoms with Crippen LogP contribution in [0.2, 0.25) is 5.02 Å². The molecule has 1 N–H and O–H groups in total. The van der Waals surface area contributed by atoms with Crippen LogP contribution in [-0.4, -0.2) is 41.2 Å². The monoisotopic (exact) mass is 410 g/mol. The molecule has 1 saturated carbocycles. The van der Waals surface area contributed by atoms with Gasteiger partial charge in [0.1, 0.15) is 11.9 Å². The van der Waals surface area contributed by atoms with Crippen molar-refractivity contribution in [2.24, 2.45) is 11.8 Å². The van der Waals surface area contributed by atoms with Crippen LogP contribution in [0, 0.1) is 17.7 Å². The van der Waals surface area contributed by atoms with Crippen molar-refractivity contribution in [3.63, 3.8) is 0 Å². The number of carbonyl (C=O) groups is 4. The predicted molar refractivity (Wildman–Crippen MR) is 97.8 cm³/mol. The summed E-state index contributed by atoms with van der Waals surface area (Å²) in [6.07, 6.45) is 3.07. The Balaban J connectivity index is 1.56. The molecule has 1 aliphatic carbocycles. The molecule has 0 spiro atoms. The molecule has 150 valence electrons. The molecule has 1 aromatic rings. The van der Waals surface area contributed by atoms with Gasteiger partial charge in [0, 0.05) is 0 Å². The first-order valence-corrected chi connectivity index (χ1v) is 9.46. The second kappa shape index (κ2) is 8.26. The molecule has 3 amide bonds. The van der Waals surface area contributed by atoms with Crippen molar-refractivity contribution in [2.45, 2.75) is 38.6 Å². The van der Waals surface area contributed by atoms with Gasteiger partial charge >= 0.3 is 5.97 Å². The molecule has 28 heavy (non-hydrogen) atoms. The number of anilines is 1. The highest BCUT2D eigenvalue weighted by Gasteiger charge is 2.51. The average molecular weight is 411 g/mol. The maximum Gasteiger partial charge on any atom is 0.329 e. The number of ether oxygens (including phenoxy) is 1. The van der Waals surface area contributed by atoms with Gasteiger partial charge in [0.2, 0.25) is 11.8 Å². The van der Waals surface area contributed by atoms with Gasteiger partial charge in [0.05, 0.1) is 22.5 Å². The number of amides is 3. The van der Waals surface area contributed by atoms with E-state index >= 15 is 0 Å². The normalized spacial score (nSPS) is 22.6. The van der Waals surface area contributed by atoms with E-state index in [2.05, 4.69) is 5.32 Å². The number of hydrogen-bond donors (Lipinski definition) is 1. The fourth-order valence-electron chi connectivity index (χ4n) is 3.71. The van der Waals surface area contributed by atoms with E-state index in [1.165, 1.54) is 13.0 Å². The molecule has 2 aliphatic rings. The van der Waals surface area contributed by atoms with Crippen molar-refractivity contribution in [2.75, 3.05) is 11.9 Å².